The molecular weight excluding hydrogens is 188 g/mol. The molecule has 0 fully saturated rings. The first-order valence-electron chi connectivity index (χ1n) is 5.87. The van der Waals surface area contributed by atoms with E-state index in [1.165, 1.54) is 0 Å². The summed E-state index contributed by atoms with van der Waals surface area (Å²) in [7, 11) is 0. The predicted octanol–water partition coefficient (Wildman–Crippen LogP) is 3.87. The van der Waals surface area contributed by atoms with Crippen LogP contribution in [0.1, 0.15) is 52.9 Å². The molecule has 0 radical (unpaired) electrons. The summed E-state index contributed by atoms with van der Waals surface area (Å²) in [4.78, 5) is 11.3. The second-order valence-corrected chi connectivity index (χ2v) is 4.43. The molecule has 0 saturated carbocycles. The number of rotatable bonds is 8. The van der Waals surface area contributed by atoms with Gasteiger partial charge in [0.05, 0.1) is 5.41 Å². The van der Waals surface area contributed by atoms with Gasteiger partial charge in [-0.05, 0) is 38.5 Å². The van der Waals surface area contributed by atoms with Crippen molar-refractivity contribution in [2.45, 2.75) is 52.9 Å². The summed E-state index contributed by atoms with van der Waals surface area (Å²) in [5.41, 5.74) is -0.570. The van der Waals surface area contributed by atoms with Crippen LogP contribution < -0.4 is 0 Å². The number of hydrogen-bond acceptors (Lipinski definition) is 1. The molecule has 0 aromatic heterocycles. The number of carboxylic acids is 1. The van der Waals surface area contributed by atoms with E-state index in [1.807, 2.05) is 19.9 Å². The van der Waals surface area contributed by atoms with Crippen molar-refractivity contribution in [3.63, 3.8) is 0 Å². The van der Waals surface area contributed by atoms with E-state index in [-0.39, 0.29) is 5.92 Å². The molecule has 2 unspecified atom stereocenters. The minimum atomic E-state index is -0.660. The Morgan fingerprint density at radius 2 is 2.07 bits per heavy atom. The average Bonchev–Trinajstić information content (AvgIpc) is 2.22. The third-order valence-electron chi connectivity index (χ3n) is 3.48. The summed E-state index contributed by atoms with van der Waals surface area (Å²) in [6, 6.07) is 0. The van der Waals surface area contributed by atoms with Crippen LogP contribution in [0.4, 0.5) is 0 Å². The number of carboxylic acid groups (broad SMARTS) is 1. The van der Waals surface area contributed by atoms with Crippen LogP contribution in [0.25, 0.3) is 0 Å². The summed E-state index contributed by atoms with van der Waals surface area (Å²) in [5, 5.41) is 9.30. The third kappa shape index (κ3) is 3.69. The van der Waals surface area contributed by atoms with Crippen LogP contribution in [-0.2, 0) is 4.79 Å². The topological polar surface area (TPSA) is 37.3 Å². The predicted molar refractivity (Wildman–Crippen MR) is 63.9 cm³/mol. The van der Waals surface area contributed by atoms with Gasteiger partial charge in [-0.25, -0.2) is 0 Å². The SMILES string of the molecule is C=CCCC(CCC)C(C)(CC)C(=O)O. The highest BCUT2D eigenvalue weighted by Crippen LogP contribution is 2.37. The molecule has 0 spiro atoms. The summed E-state index contributed by atoms with van der Waals surface area (Å²) in [5.74, 6) is -0.393. The van der Waals surface area contributed by atoms with Crippen LogP contribution in [0.3, 0.4) is 0 Å². The van der Waals surface area contributed by atoms with E-state index >= 15 is 0 Å². The molecule has 88 valence electrons. The summed E-state index contributed by atoms with van der Waals surface area (Å²) < 4.78 is 0. The highest BCUT2D eigenvalue weighted by atomic mass is 16.4. The maximum absolute atomic E-state index is 11.3. The van der Waals surface area contributed by atoms with Crippen molar-refractivity contribution in [3.05, 3.63) is 12.7 Å². The van der Waals surface area contributed by atoms with Crippen LogP contribution in [-0.4, -0.2) is 11.1 Å². The normalized spacial score (nSPS) is 16.7. The summed E-state index contributed by atoms with van der Waals surface area (Å²) >= 11 is 0. The van der Waals surface area contributed by atoms with Gasteiger partial charge < -0.3 is 5.11 Å². The second kappa shape index (κ2) is 6.65. The summed E-state index contributed by atoms with van der Waals surface area (Å²) in [6.07, 6.45) is 6.46. The fraction of sp³-hybridized carbons (Fsp3) is 0.769. The highest BCUT2D eigenvalue weighted by Gasteiger charge is 2.38. The van der Waals surface area contributed by atoms with E-state index in [9.17, 15) is 9.90 Å². The molecule has 0 amide bonds. The monoisotopic (exact) mass is 212 g/mol. The van der Waals surface area contributed by atoms with Crippen LogP contribution in [0.15, 0.2) is 12.7 Å². The molecule has 0 bridgehead atoms. The van der Waals surface area contributed by atoms with Crippen molar-refractivity contribution in [2.24, 2.45) is 11.3 Å². The smallest absolute Gasteiger partial charge is 0.309 e. The minimum absolute atomic E-state index is 0.267. The van der Waals surface area contributed by atoms with Crippen molar-refractivity contribution >= 4 is 5.97 Å². The lowest BCUT2D eigenvalue weighted by Gasteiger charge is -2.33. The van der Waals surface area contributed by atoms with Gasteiger partial charge in [-0.15, -0.1) is 6.58 Å². The van der Waals surface area contributed by atoms with Gasteiger partial charge in [0.15, 0.2) is 0 Å². The van der Waals surface area contributed by atoms with Crippen molar-refractivity contribution in [3.8, 4) is 0 Å². The lowest BCUT2D eigenvalue weighted by molar-refractivity contribution is -0.152. The fourth-order valence-electron chi connectivity index (χ4n) is 2.06. The zero-order chi connectivity index (χ0) is 11.9. The number of hydrogen-bond donors (Lipinski definition) is 1. The van der Waals surface area contributed by atoms with E-state index < -0.39 is 11.4 Å². The van der Waals surface area contributed by atoms with Gasteiger partial charge in [0.25, 0.3) is 0 Å². The Bertz CT molecular complexity index is 211. The molecule has 2 atom stereocenters. The molecule has 0 aliphatic rings. The molecule has 0 saturated heterocycles. The standard InChI is InChI=1S/C13H24O2/c1-5-8-10-11(9-6-2)13(4,7-3)12(14)15/h5,11H,1,6-10H2,2-4H3,(H,14,15). The van der Waals surface area contributed by atoms with Gasteiger partial charge in [0, 0.05) is 0 Å². The van der Waals surface area contributed by atoms with Gasteiger partial charge in [-0.2, -0.15) is 0 Å². The molecule has 0 aromatic rings. The first-order chi connectivity index (χ1) is 7.02. The molecule has 0 rings (SSSR count). The Kier molecular flexibility index (Phi) is 6.30. The number of allylic oxidation sites excluding steroid dienone is 1. The zero-order valence-corrected chi connectivity index (χ0v) is 10.3. The van der Waals surface area contributed by atoms with Crippen LogP contribution in [0, 0.1) is 11.3 Å². The Morgan fingerprint density at radius 1 is 1.47 bits per heavy atom. The van der Waals surface area contributed by atoms with Crippen molar-refractivity contribution in [1.29, 1.82) is 0 Å². The molecular formula is C13H24O2. The summed E-state index contributed by atoms with van der Waals surface area (Å²) in [6.45, 7) is 9.64. The highest BCUT2D eigenvalue weighted by molar-refractivity contribution is 5.74. The molecule has 0 heterocycles. The fourth-order valence-corrected chi connectivity index (χ4v) is 2.06. The van der Waals surface area contributed by atoms with Crippen LogP contribution in [0.2, 0.25) is 0 Å². The van der Waals surface area contributed by atoms with Crippen molar-refractivity contribution < 1.29 is 9.90 Å². The molecule has 2 heteroatoms. The van der Waals surface area contributed by atoms with Gasteiger partial charge in [0.2, 0.25) is 0 Å². The first-order valence-corrected chi connectivity index (χ1v) is 5.87. The van der Waals surface area contributed by atoms with Gasteiger partial charge in [-0.3, -0.25) is 4.79 Å². The van der Waals surface area contributed by atoms with Gasteiger partial charge in [0.1, 0.15) is 0 Å². The maximum Gasteiger partial charge on any atom is 0.309 e. The first kappa shape index (κ1) is 14.2. The quantitative estimate of drug-likeness (QED) is 0.620. The van der Waals surface area contributed by atoms with E-state index in [2.05, 4.69) is 13.5 Å². The van der Waals surface area contributed by atoms with Crippen molar-refractivity contribution in [1.82, 2.24) is 0 Å². The maximum atomic E-state index is 11.3. The van der Waals surface area contributed by atoms with E-state index in [1.54, 1.807) is 0 Å². The van der Waals surface area contributed by atoms with Gasteiger partial charge >= 0.3 is 5.97 Å². The lowest BCUT2D eigenvalue weighted by Crippen LogP contribution is -2.35. The van der Waals surface area contributed by atoms with Gasteiger partial charge in [-0.1, -0.05) is 26.3 Å². The van der Waals surface area contributed by atoms with E-state index in [0.717, 1.165) is 25.7 Å². The molecule has 0 aliphatic carbocycles. The Morgan fingerprint density at radius 3 is 2.40 bits per heavy atom. The van der Waals surface area contributed by atoms with Crippen LogP contribution in [0.5, 0.6) is 0 Å². The average molecular weight is 212 g/mol. The van der Waals surface area contributed by atoms with Crippen molar-refractivity contribution in [2.75, 3.05) is 0 Å². The Hall–Kier alpha value is -0.790. The Balaban J connectivity index is 4.67. The number of aliphatic carboxylic acids is 1. The lowest BCUT2D eigenvalue weighted by atomic mass is 9.71. The van der Waals surface area contributed by atoms with E-state index in [0.29, 0.717) is 6.42 Å². The molecule has 1 N–H and O–H groups in total. The van der Waals surface area contributed by atoms with Crippen LogP contribution >= 0.6 is 0 Å². The molecule has 0 aliphatic heterocycles. The van der Waals surface area contributed by atoms with E-state index in [4.69, 9.17) is 0 Å². The largest absolute Gasteiger partial charge is 0.481 e. The molecule has 2 nitrogen and oxygen atoms in total. The second-order valence-electron chi connectivity index (χ2n) is 4.43. The zero-order valence-electron chi connectivity index (χ0n) is 10.3. The third-order valence-corrected chi connectivity index (χ3v) is 3.48. The molecule has 15 heavy (non-hydrogen) atoms. The minimum Gasteiger partial charge on any atom is -0.481 e. The Labute approximate surface area is 93.4 Å². The number of carbonyl (C=O) groups is 1. The molecule has 0 aromatic carbocycles.